The minimum atomic E-state index is -0.221. The van der Waals surface area contributed by atoms with Crippen molar-refractivity contribution in [2.75, 3.05) is 12.4 Å². The maximum absolute atomic E-state index is 12.4. The van der Waals surface area contributed by atoms with Crippen LogP contribution in [-0.2, 0) is 6.42 Å². The van der Waals surface area contributed by atoms with Gasteiger partial charge in [0.2, 0.25) is 0 Å². The number of anilines is 1. The zero-order chi connectivity index (χ0) is 17.9. The van der Waals surface area contributed by atoms with Crippen LogP contribution in [0.4, 0.5) is 5.69 Å². The van der Waals surface area contributed by atoms with E-state index in [0.717, 1.165) is 27.2 Å². The summed E-state index contributed by atoms with van der Waals surface area (Å²) in [6.45, 7) is 0. The van der Waals surface area contributed by atoms with Crippen LogP contribution in [0.1, 0.15) is 21.1 Å². The van der Waals surface area contributed by atoms with Gasteiger partial charge in [-0.05, 0) is 35.9 Å². The van der Waals surface area contributed by atoms with Crippen molar-refractivity contribution in [2.45, 2.75) is 6.42 Å². The monoisotopic (exact) mass is 364 g/mol. The van der Waals surface area contributed by atoms with Crippen LogP contribution in [0.2, 0.25) is 0 Å². The molecule has 26 heavy (non-hydrogen) atoms. The number of thiazole rings is 1. The van der Waals surface area contributed by atoms with Crippen LogP contribution in [0, 0.1) is 0 Å². The summed E-state index contributed by atoms with van der Waals surface area (Å²) in [5.41, 5.74) is 3.12. The smallest absolute Gasteiger partial charge is 0.275 e. The zero-order valence-corrected chi connectivity index (χ0v) is 14.8. The number of H-pyrrole nitrogens is 1. The van der Waals surface area contributed by atoms with Crippen molar-refractivity contribution >= 4 is 33.8 Å². The fourth-order valence-corrected chi connectivity index (χ4v) is 3.43. The average molecular weight is 364 g/mol. The molecule has 0 unspecified atom stereocenters. The first-order valence-corrected chi connectivity index (χ1v) is 8.91. The third-order valence-electron chi connectivity index (χ3n) is 4.00. The molecule has 0 saturated carbocycles. The molecule has 0 fully saturated rings. The Kier molecular flexibility index (Phi) is 4.37. The Labute approximate surface area is 153 Å². The largest absolute Gasteiger partial charge is 0.497 e. The van der Waals surface area contributed by atoms with E-state index < -0.39 is 0 Å². The van der Waals surface area contributed by atoms with Crippen molar-refractivity contribution in [1.82, 2.24) is 15.2 Å². The summed E-state index contributed by atoms with van der Waals surface area (Å²) in [5, 5.41) is 13.4. The Balaban J connectivity index is 1.45. The summed E-state index contributed by atoms with van der Waals surface area (Å²) in [4.78, 5) is 16.9. The molecule has 130 valence electrons. The predicted molar refractivity (Wildman–Crippen MR) is 102 cm³/mol. The van der Waals surface area contributed by atoms with E-state index in [-0.39, 0.29) is 5.91 Å². The van der Waals surface area contributed by atoms with Crippen molar-refractivity contribution in [1.29, 1.82) is 0 Å². The highest BCUT2D eigenvalue weighted by molar-refractivity contribution is 7.09. The van der Waals surface area contributed by atoms with Gasteiger partial charge in [-0.25, -0.2) is 4.98 Å². The fraction of sp³-hybridized carbons (Fsp3) is 0.105. The molecule has 2 aromatic carbocycles. The Morgan fingerprint density at radius 3 is 2.88 bits per heavy atom. The second-order valence-corrected chi connectivity index (χ2v) is 6.72. The quantitative estimate of drug-likeness (QED) is 0.563. The number of ether oxygens (including phenoxy) is 1. The third-order valence-corrected chi connectivity index (χ3v) is 4.85. The molecule has 4 aromatic rings. The minimum Gasteiger partial charge on any atom is -0.497 e. The van der Waals surface area contributed by atoms with Gasteiger partial charge in [0.1, 0.15) is 11.4 Å². The first kappa shape index (κ1) is 16.3. The van der Waals surface area contributed by atoms with E-state index in [0.29, 0.717) is 17.8 Å². The minimum absolute atomic E-state index is 0.221. The highest BCUT2D eigenvalue weighted by atomic mass is 32.1. The molecule has 0 aliphatic rings. The number of aromatic nitrogens is 3. The molecule has 7 heteroatoms. The van der Waals surface area contributed by atoms with Gasteiger partial charge in [0, 0.05) is 22.9 Å². The van der Waals surface area contributed by atoms with E-state index in [1.165, 1.54) is 11.3 Å². The molecule has 2 aromatic heterocycles. The summed E-state index contributed by atoms with van der Waals surface area (Å²) in [7, 11) is 1.64. The molecule has 0 bridgehead atoms. The average Bonchev–Trinajstić information content (AvgIpc) is 3.31. The predicted octanol–water partition coefficient (Wildman–Crippen LogP) is 3.87. The van der Waals surface area contributed by atoms with Gasteiger partial charge in [0.25, 0.3) is 5.91 Å². The van der Waals surface area contributed by atoms with Crippen molar-refractivity contribution in [3.63, 3.8) is 0 Å². The number of hydrogen-bond acceptors (Lipinski definition) is 5. The van der Waals surface area contributed by atoms with E-state index >= 15 is 0 Å². The second kappa shape index (κ2) is 6.97. The molecular weight excluding hydrogens is 348 g/mol. The standard InChI is InChI=1S/C19H16N4O2S/c1-25-15-6-2-12(3-7-15)8-18-22-17(11-26-18)19(24)21-14-5-4-13-10-20-23-16(13)9-14/h2-7,9-11H,8H2,1H3,(H,20,23)(H,21,24). The van der Waals surface area contributed by atoms with Gasteiger partial charge in [-0.3, -0.25) is 9.89 Å². The number of carbonyl (C=O) groups excluding carboxylic acids is 1. The zero-order valence-electron chi connectivity index (χ0n) is 14.0. The van der Waals surface area contributed by atoms with Gasteiger partial charge in [-0.15, -0.1) is 11.3 Å². The first-order chi connectivity index (χ1) is 12.7. The SMILES string of the molecule is COc1ccc(Cc2nc(C(=O)Nc3ccc4cn[nH]c4c3)cs2)cc1. The summed E-state index contributed by atoms with van der Waals surface area (Å²) in [6.07, 6.45) is 2.43. The van der Waals surface area contributed by atoms with Crippen molar-refractivity contribution in [2.24, 2.45) is 0 Å². The number of carbonyl (C=O) groups is 1. The molecule has 0 radical (unpaired) electrons. The van der Waals surface area contributed by atoms with E-state index in [1.54, 1.807) is 18.7 Å². The number of methoxy groups -OCH3 is 1. The van der Waals surface area contributed by atoms with Gasteiger partial charge in [0.15, 0.2) is 0 Å². The first-order valence-electron chi connectivity index (χ1n) is 8.03. The molecule has 6 nitrogen and oxygen atoms in total. The fourth-order valence-electron chi connectivity index (χ4n) is 2.62. The van der Waals surface area contributed by atoms with Crippen molar-refractivity contribution in [3.05, 3.63) is 70.3 Å². The lowest BCUT2D eigenvalue weighted by Gasteiger charge is -2.03. The number of aromatic amines is 1. The maximum Gasteiger partial charge on any atom is 0.275 e. The molecule has 0 spiro atoms. The summed E-state index contributed by atoms with van der Waals surface area (Å²) in [6, 6.07) is 13.4. The third kappa shape index (κ3) is 3.43. The van der Waals surface area contributed by atoms with E-state index in [1.807, 2.05) is 42.5 Å². The Morgan fingerprint density at radius 1 is 1.23 bits per heavy atom. The lowest BCUT2D eigenvalue weighted by Crippen LogP contribution is -2.12. The Bertz CT molecular complexity index is 1050. The van der Waals surface area contributed by atoms with Gasteiger partial charge < -0.3 is 10.1 Å². The Morgan fingerprint density at radius 2 is 2.08 bits per heavy atom. The van der Waals surface area contributed by atoms with Crippen molar-refractivity contribution in [3.8, 4) is 5.75 Å². The molecular formula is C19H16N4O2S. The number of nitrogens with zero attached hydrogens (tertiary/aromatic N) is 2. The van der Waals surface area contributed by atoms with Crippen molar-refractivity contribution < 1.29 is 9.53 Å². The van der Waals surface area contributed by atoms with Crippen LogP contribution in [-0.4, -0.2) is 28.2 Å². The van der Waals surface area contributed by atoms with Gasteiger partial charge in [-0.2, -0.15) is 5.10 Å². The van der Waals surface area contributed by atoms with Gasteiger partial charge >= 0.3 is 0 Å². The highest BCUT2D eigenvalue weighted by Gasteiger charge is 2.12. The normalized spacial score (nSPS) is 10.8. The van der Waals surface area contributed by atoms with E-state index in [9.17, 15) is 4.79 Å². The summed E-state index contributed by atoms with van der Waals surface area (Å²) in [5.74, 6) is 0.600. The van der Waals surface area contributed by atoms with Crippen LogP contribution in [0.15, 0.2) is 54.0 Å². The molecule has 2 heterocycles. The lowest BCUT2D eigenvalue weighted by atomic mass is 10.1. The maximum atomic E-state index is 12.4. The number of rotatable bonds is 5. The van der Waals surface area contributed by atoms with Crippen LogP contribution in [0.25, 0.3) is 10.9 Å². The van der Waals surface area contributed by atoms with Crippen LogP contribution in [0.5, 0.6) is 5.75 Å². The van der Waals surface area contributed by atoms with E-state index in [4.69, 9.17) is 4.74 Å². The number of benzene rings is 2. The number of amides is 1. The van der Waals surface area contributed by atoms with Crippen LogP contribution < -0.4 is 10.1 Å². The molecule has 0 atom stereocenters. The van der Waals surface area contributed by atoms with Gasteiger partial charge in [0.05, 0.1) is 23.8 Å². The molecule has 1 amide bonds. The molecule has 2 N–H and O–H groups in total. The Hall–Kier alpha value is -3.19. The van der Waals surface area contributed by atoms with Gasteiger partial charge in [-0.1, -0.05) is 12.1 Å². The molecule has 0 aliphatic heterocycles. The molecule has 4 rings (SSSR count). The topological polar surface area (TPSA) is 79.9 Å². The van der Waals surface area contributed by atoms with Crippen LogP contribution >= 0.6 is 11.3 Å². The molecule has 0 saturated heterocycles. The number of nitrogens with one attached hydrogen (secondary N) is 2. The van der Waals surface area contributed by atoms with Crippen LogP contribution in [0.3, 0.4) is 0 Å². The second-order valence-electron chi connectivity index (χ2n) is 5.78. The summed E-state index contributed by atoms with van der Waals surface area (Å²) >= 11 is 1.48. The highest BCUT2D eigenvalue weighted by Crippen LogP contribution is 2.20. The number of fused-ring (bicyclic) bond motifs is 1. The number of hydrogen-bond donors (Lipinski definition) is 2. The van der Waals surface area contributed by atoms with E-state index in [2.05, 4.69) is 20.5 Å². The lowest BCUT2D eigenvalue weighted by molar-refractivity contribution is 0.102. The summed E-state index contributed by atoms with van der Waals surface area (Å²) < 4.78 is 5.16. The molecule has 0 aliphatic carbocycles.